The third-order valence-corrected chi connectivity index (χ3v) is 6.58. The number of anilines is 3. The highest BCUT2D eigenvalue weighted by Crippen LogP contribution is 2.44. The van der Waals surface area contributed by atoms with Crippen molar-refractivity contribution >= 4 is 28.4 Å². The van der Waals surface area contributed by atoms with Gasteiger partial charge in [0.2, 0.25) is 11.8 Å². The van der Waals surface area contributed by atoms with Crippen LogP contribution in [0.15, 0.2) is 6.07 Å². The fraction of sp³-hybridized carbons (Fsp3) is 0.536. The molecular formula is C28H38F5N7O2. The maximum absolute atomic E-state index is 16.2. The Bertz CT molecular complexity index is 1380. The van der Waals surface area contributed by atoms with Crippen LogP contribution >= 0.6 is 0 Å². The standard InChI is InChI=1S/C24H26F5N7O.C2H6O.C2H6/c1-11-4-5-31-6-7-32-21-15-20(34-23(35-21)36-8-3-9-36)18(26)19(33-22(15)37-11)13-10-14(30)17(25)12(2)16(13)24(27,28)29;1-2-3;1-2/h10-11,31H,3-9,30H2,1-2H3,(H,32,34,35);3H,2H2,1H3;1-2H3. The molecule has 1 atom stereocenters. The van der Waals surface area contributed by atoms with Gasteiger partial charge in [-0.05, 0) is 51.8 Å². The van der Waals surface area contributed by atoms with Gasteiger partial charge in [-0.1, -0.05) is 13.8 Å². The molecule has 14 heteroatoms. The predicted molar refractivity (Wildman–Crippen MR) is 154 cm³/mol. The molecule has 42 heavy (non-hydrogen) atoms. The Morgan fingerprint density at radius 2 is 1.76 bits per heavy atom. The Hall–Kier alpha value is -3.52. The lowest BCUT2D eigenvalue weighted by molar-refractivity contribution is -0.137. The second-order valence-electron chi connectivity index (χ2n) is 9.55. The lowest BCUT2D eigenvalue weighted by Gasteiger charge is -2.31. The van der Waals surface area contributed by atoms with E-state index in [2.05, 4.69) is 25.6 Å². The third-order valence-electron chi connectivity index (χ3n) is 6.58. The summed E-state index contributed by atoms with van der Waals surface area (Å²) in [6, 6.07) is 0.754. The quantitative estimate of drug-likeness (QED) is 0.230. The van der Waals surface area contributed by atoms with E-state index in [0.29, 0.717) is 39.1 Å². The molecule has 232 valence electrons. The van der Waals surface area contributed by atoms with E-state index in [1.165, 1.54) is 0 Å². The first-order valence-electron chi connectivity index (χ1n) is 14.0. The monoisotopic (exact) mass is 599 g/mol. The van der Waals surface area contributed by atoms with Crippen LogP contribution < -0.4 is 26.0 Å². The van der Waals surface area contributed by atoms with Crippen LogP contribution in [0.3, 0.4) is 0 Å². The molecule has 0 radical (unpaired) electrons. The van der Waals surface area contributed by atoms with Crippen molar-refractivity contribution in [3.05, 3.63) is 28.8 Å². The number of hydrogen-bond acceptors (Lipinski definition) is 9. The van der Waals surface area contributed by atoms with Crippen LogP contribution in [0, 0.1) is 18.6 Å². The molecule has 0 amide bonds. The van der Waals surface area contributed by atoms with Crippen LogP contribution in [0.4, 0.5) is 39.4 Å². The number of nitrogens with two attached hydrogens (primary N) is 1. The van der Waals surface area contributed by atoms with Crippen molar-refractivity contribution in [1.29, 1.82) is 0 Å². The highest BCUT2D eigenvalue weighted by atomic mass is 19.4. The summed E-state index contributed by atoms with van der Waals surface area (Å²) in [6.07, 6.45) is -3.94. The lowest BCUT2D eigenvalue weighted by atomic mass is 9.96. The number of rotatable bonds is 2. The van der Waals surface area contributed by atoms with E-state index in [1.807, 2.05) is 18.7 Å². The number of alkyl halides is 3. The zero-order chi connectivity index (χ0) is 31.2. The number of hydrogen-bond donors (Lipinski definition) is 4. The Balaban J connectivity index is 0.000000910. The minimum absolute atomic E-state index is 0.118. The highest BCUT2D eigenvalue weighted by molar-refractivity contribution is 5.97. The smallest absolute Gasteiger partial charge is 0.417 e. The summed E-state index contributed by atoms with van der Waals surface area (Å²) in [5.41, 5.74) is 1.41. The number of aliphatic hydroxyl groups excluding tert-OH is 1. The SMILES string of the molecule is CC.CCO.Cc1c(F)c(N)cc(-c2nc3c4c(nc(N5CCC5)nc4c2F)NCCNCCC(C)O3)c1C(F)(F)F. The maximum atomic E-state index is 16.2. The molecule has 4 heterocycles. The molecule has 0 aliphatic carbocycles. The summed E-state index contributed by atoms with van der Waals surface area (Å²) in [5.74, 6) is -1.94. The number of ether oxygens (including phenoxy) is 1. The predicted octanol–water partition coefficient (Wildman–Crippen LogP) is 5.29. The van der Waals surface area contributed by atoms with Crippen LogP contribution in [0.1, 0.15) is 51.7 Å². The summed E-state index contributed by atoms with van der Waals surface area (Å²) in [4.78, 5) is 15.0. The molecule has 1 unspecified atom stereocenters. The number of nitrogens with zero attached hydrogens (tertiary/aromatic N) is 4. The van der Waals surface area contributed by atoms with Gasteiger partial charge in [-0.2, -0.15) is 18.2 Å². The summed E-state index contributed by atoms with van der Waals surface area (Å²) in [5, 5.41) is 14.1. The Labute approximate surface area is 241 Å². The van der Waals surface area contributed by atoms with Crippen molar-refractivity contribution in [2.24, 2.45) is 0 Å². The molecule has 0 bridgehead atoms. The number of nitrogen functional groups attached to an aromatic ring is 1. The van der Waals surface area contributed by atoms with Gasteiger partial charge in [-0.25, -0.2) is 18.7 Å². The van der Waals surface area contributed by atoms with Crippen molar-refractivity contribution in [2.75, 3.05) is 55.3 Å². The first kappa shape index (κ1) is 33.0. The zero-order valence-corrected chi connectivity index (χ0v) is 24.4. The lowest BCUT2D eigenvalue weighted by Crippen LogP contribution is -2.38. The van der Waals surface area contributed by atoms with E-state index in [4.69, 9.17) is 15.6 Å². The van der Waals surface area contributed by atoms with Crippen molar-refractivity contribution in [2.45, 2.75) is 59.7 Å². The minimum Gasteiger partial charge on any atom is -0.474 e. The van der Waals surface area contributed by atoms with Crippen molar-refractivity contribution < 1.29 is 31.8 Å². The normalized spacial score (nSPS) is 16.9. The number of pyridine rings is 1. The third kappa shape index (κ3) is 6.92. The number of benzene rings is 1. The van der Waals surface area contributed by atoms with E-state index in [9.17, 15) is 17.6 Å². The van der Waals surface area contributed by atoms with E-state index in [-0.39, 0.29) is 35.2 Å². The zero-order valence-electron chi connectivity index (χ0n) is 24.4. The van der Waals surface area contributed by atoms with Crippen LogP contribution in [0.25, 0.3) is 22.2 Å². The molecule has 2 aliphatic rings. The molecule has 2 aromatic heterocycles. The molecule has 1 fully saturated rings. The van der Waals surface area contributed by atoms with Crippen LogP contribution in [-0.2, 0) is 6.18 Å². The molecule has 1 aromatic carbocycles. The van der Waals surface area contributed by atoms with E-state index in [1.54, 1.807) is 13.8 Å². The van der Waals surface area contributed by atoms with Gasteiger partial charge in [0.1, 0.15) is 28.2 Å². The first-order chi connectivity index (χ1) is 20.0. The average Bonchev–Trinajstić information content (AvgIpc) is 2.93. The van der Waals surface area contributed by atoms with Gasteiger partial charge in [-0.15, -0.1) is 0 Å². The minimum atomic E-state index is -5.00. The van der Waals surface area contributed by atoms with Crippen LogP contribution in [0.2, 0.25) is 0 Å². The molecule has 0 spiro atoms. The summed E-state index contributed by atoms with van der Waals surface area (Å²) >= 11 is 0. The fourth-order valence-electron chi connectivity index (χ4n) is 4.50. The van der Waals surface area contributed by atoms with Gasteiger partial charge in [0.05, 0.1) is 17.4 Å². The van der Waals surface area contributed by atoms with Crippen molar-refractivity contribution in [3.8, 4) is 17.1 Å². The first-order valence-corrected chi connectivity index (χ1v) is 14.0. The molecular weight excluding hydrogens is 561 g/mol. The molecule has 5 rings (SSSR count). The van der Waals surface area contributed by atoms with Gasteiger partial charge >= 0.3 is 6.18 Å². The van der Waals surface area contributed by atoms with E-state index in [0.717, 1.165) is 19.4 Å². The average molecular weight is 600 g/mol. The largest absolute Gasteiger partial charge is 0.474 e. The molecule has 5 N–H and O–H groups in total. The number of nitrogens with one attached hydrogen (secondary N) is 2. The van der Waals surface area contributed by atoms with Crippen LogP contribution in [0.5, 0.6) is 5.88 Å². The fourth-order valence-corrected chi connectivity index (χ4v) is 4.50. The summed E-state index contributed by atoms with van der Waals surface area (Å²) < 4.78 is 79.0. The van der Waals surface area contributed by atoms with Gasteiger partial charge in [-0.3, -0.25) is 0 Å². The number of halogens is 5. The van der Waals surface area contributed by atoms with Gasteiger partial charge in [0, 0.05) is 38.3 Å². The van der Waals surface area contributed by atoms with Gasteiger partial charge in [0.15, 0.2) is 5.82 Å². The Morgan fingerprint density at radius 1 is 1.10 bits per heavy atom. The summed E-state index contributed by atoms with van der Waals surface area (Å²) in [7, 11) is 0. The molecule has 3 aromatic rings. The topological polar surface area (TPSA) is 121 Å². The highest BCUT2D eigenvalue weighted by Gasteiger charge is 2.39. The second kappa shape index (κ2) is 14.1. The molecule has 1 saturated heterocycles. The van der Waals surface area contributed by atoms with Crippen molar-refractivity contribution in [3.63, 3.8) is 0 Å². The molecule has 9 nitrogen and oxygen atoms in total. The number of aromatic nitrogens is 3. The Morgan fingerprint density at radius 3 is 2.36 bits per heavy atom. The van der Waals surface area contributed by atoms with Crippen molar-refractivity contribution in [1.82, 2.24) is 20.3 Å². The molecule has 2 aliphatic heterocycles. The van der Waals surface area contributed by atoms with Crippen LogP contribution in [-0.4, -0.2) is 65.5 Å². The van der Waals surface area contributed by atoms with Gasteiger partial charge in [0.25, 0.3) is 0 Å². The second-order valence-corrected chi connectivity index (χ2v) is 9.55. The maximum Gasteiger partial charge on any atom is 0.417 e. The van der Waals surface area contributed by atoms with Gasteiger partial charge < -0.3 is 31.1 Å². The summed E-state index contributed by atoms with van der Waals surface area (Å²) in [6.45, 7) is 11.7. The van der Waals surface area contributed by atoms with E-state index >= 15 is 4.39 Å². The molecule has 0 saturated carbocycles. The Kier molecular flexibility index (Phi) is 11.1. The van der Waals surface area contributed by atoms with E-state index < -0.39 is 52.0 Å². The number of aliphatic hydroxyl groups is 1.